The third-order valence-electron chi connectivity index (χ3n) is 4.55. The molecule has 0 bridgehead atoms. The number of hydrogen-bond acceptors (Lipinski definition) is 5. The highest BCUT2D eigenvalue weighted by Gasteiger charge is 2.34. The molecule has 4 atom stereocenters. The van der Waals surface area contributed by atoms with Crippen molar-refractivity contribution in [1.82, 2.24) is 16.0 Å². The van der Waals surface area contributed by atoms with Gasteiger partial charge in [-0.15, -0.1) is 0 Å². The highest BCUT2D eigenvalue weighted by molar-refractivity contribution is 7.38. The third-order valence-corrected chi connectivity index (χ3v) is 5.60. The maximum absolute atomic E-state index is 12.9. The molecule has 1 aromatic carbocycles. The van der Waals surface area contributed by atoms with E-state index in [0.717, 1.165) is 5.56 Å². The Morgan fingerprint density at radius 2 is 1.76 bits per heavy atom. The fourth-order valence-electron chi connectivity index (χ4n) is 2.95. The van der Waals surface area contributed by atoms with Crippen molar-refractivity contribution < 1.29 is 23.8 Å². The van der Waals surface area contributed by atoms with Crippen molar-refractivity contribution in [1.29, 1.82) is 0 Å². The molecule has 1 rings (SSSR count). The normalized spacial score (nSPS) is 14.7. The minimum absolute atomic E-state index is 0.187. The van der Waals surface area contributed by atoms with E-state index in [1.54, 1.807) is 26.2 Å². The predicted octanol–water partition coefficient (Wildman–Crippen LogP) is 1.94. The minimum Gasteiger partial charge on any atom is -0.497 e. The van der Waals surface area contributed by atoms with E-state index < -0.39 is 25.9 Å². The number of nitrogens with one attached hydrogen (secondary N) is 3. The first-order valence-electron chi connectivity index (χ1n) is 9.77. The van der Waals surface area contributed by atoms with Crippen LogP contribution in [0.2, 0.25) is 0 Å². The molecule has 0 radical (unpaired) electrons. The van der Waals surface area contributed by atoms with Crippen LogP contribution >= 0.6 is 8.03 Å². The van der Waals surface area contributed by atoms with Crippen LogP contribution in [0.1, 0.15) is 39.2 Å². The van der Waals surface area contributed by atoms with Crippen LogP contribution in [0, 0.1) is 5.92 Å². The van der Waals surface area contributed by atoms with Crippen molar-refractivity contribution in [2.45, 2.75) is 57.9 Å². The Balaban J connectivity index is 2.95. The Labute approximate surface area is 173 Å². The average molecular weight is 426 g/mol. The highest BCUT2D eigenvalue weighted by atomic mass is 31.1. The molecule has 8 nitrogen and oxygen atoms in total. The second kappa shape index (κ2) is 12.5. The largest absolute Gasteiger partial charge is 0.524 e. The summed E-state index contributed by atoms with van der Waals surface area (Å²) >= 11 is 0. The van der Waals surface area contributed by atoms with Crippen LogP contribution in [0.4, 0.5) is 0 Å². The monoisotopic (exact) mass is 426 g/mol. The highest BCUT2D eigenvalue weighted by Crippen LogP contribution is 2.24. The molecule has 0 saturated heterocycles. The summed E-state index contributed by atoms with van der Waals surface area (Å²) in [5.74, 6) is -0.458. The van der Waals surface area contributed by atoms with E-state index in [-0.39, 0.29) is 17.7 Å². The van der Waals surface area contributed by atoms with Gasteiger partial charge in [-0.3, -0.25) is 14.9 Å². The van der Waals surface area contributed by atoms with Crippen LogP contribution in [0.3, 0.4) is 0 Å². The van der Waals surface area contributed by atoms with E-state index in [2.05, 4.69) is 16.0 Å². The number of ether oxygens (including phenoxy) is 1. The summed E-state index contributed by atoms with van der Waals surface area (Å²) in [5, 5.41) is 8.36. The fraction of sp³-hybridized carbons (Fsp3) is 0.600. The van der Waals surface area contributed by atoms with Gasteiger partial charge in [0.05, 0.1) is 13.2 Å². The SMILES string of the molecule is CCC(NC(CC(C)C)C(=O)N[C@@H](Cc1ccc(OC)cc1)C(=O)NC)[P+](=O)O. The fourth-order valence-corrected chi connectivity index (χ4v) is 3.57. The van der Waals surface area contributed by atoms with Crippen molar-refractivity contribution in [3.8, 4) is 5.75 Å². The number of rotatable bonds is 12. The van der Waals surface area contributed by atoms with E-state index in [1.165, 1.54) is 7.05 Å². The van der Waals surface area contributed by atoms with Gasteiger partial charge in [0.2, 0.25) is 17.6 Å². The number of hydrogen-bond donors (Lipinski definition) is 4. The van der Waals surface area contributed by atoms with E-state index in [0.29, 0.717) is 25.0 Å². The molecule has 0 saturated carbocycles. The van der Waals surface area contributed by atoms with Crippen LogP contribution in [-0.4, -0.2) is 48.7 Å². The Hall–Kier alpha value is -2.02. The van der Waals surface area contributed by atoms with Crippen molar-refractivity contribution in [3.63, 3.8) is 0 Å². The maximum Gasteiger partial charge on any atom is 0.524 e. The summed E-state index contributed by atoms with van der Waals surface area (Å²) in [6.45, 7) is 5.72. The Morgan fingerprint density at radius 1 is 1.14 bits per heavy atom. The number of methoxy groups -OCH3 is 1. The van der Waals surface area contributed by atoms with E-state index in [4.69, 9.17) is 4.74 Å². The van der Waals surface area contributed by atoms with Crippen molar-refractivity contribution in [2.24, 2.45) is 5.92 Å². The summed E-state index contributed by atoms with van der Waals surface area (Å²) in [7, 11) is 0.635. The lowest BCUT2D eigenvalue weighted by Crippen LogP contribution is -2.54. The Bertz CT molecular complexity index is 681. The van der Waals surface area contributed by atoms with Gasteiger partial charge < -0.3 is 15.4 Å². The number of likely N-dealkylation sites (N-methyl/N-ethyl adjacent to an activating group) is 1. The molecular weight excluding hydrogens is 393 g/mol. The third kappa shape index (κ3) is 8.48. The average Bonchev–Trinajstić information content (AvgIpc) is 2.69. The molecule has 0 fully saturated rings. The molecule has 3 unspecified atom stereocenters. The summed E-state index contributed by atoms with van der Waals surface area (Å²) in [6.07, 6.45) is 1.21. The van der Waals surface area contributed by atoms with Gasteiger partial charge in [-0.2, -0.15) is 4.89 Å². The number of amides is 2. The van der Waals surface area contributed by atoms with Gasteiger partial charge in [0, 0.05) is 19.9 Å². The molecule has 0 heterocycles. The number of carbonyl (C=O) groups is 2. The lowest BCUT2D eigenvalue weighted by molar-refractivity contribution is -0.130. The summed E-state index contributed by atoms with van der Waals surface area (Å²) < 4.78 is 16.7. The molecule has 0 aliphatic rings. The molecule has 29 heavy (non-hydrogen) atoms. The van der Waals surface area contributed by atoms with Crippen molar-refractivity contribution >= 4 is 19.8 Å². The number of benzene rings is 1. The molecule has 0 spiro atoms. The summed E-state index contributed by atoms with van der Waals surface area (Å²) in [5.41, 5.74) is 0.873. The first-order valence-corrected chi connectivity index (χ1v) is 11.1. The minimum atomic E-state index is -2.46. The first kappa shape index (κ1) is 25.0. The molecule has 2 amide bonds. The lowest BCUT2D eigenvalue weighted by atomic mass is 10.0. The van der Waals surface area contributed by atoms with Gasteiger partial charge in [-0.1, -0.05) is 32.9 Å². The molecule has 0 aliphatic carbocycles. The zero-order chi connectivity index (χ0) is 22.0. The van der Waals surface area contributed by atoms with Gasteiger partial charge in [0.15, 0.2) is 0 Å². The van der Waals surface area contributed by atoms with Crippen LogP contribution < -0.4 is 20.7 Å². The van der Waals surface area contributed by atoms with Crippen LogP contribution in [-0.2, 0) is 20.6 Å². The van der Waals surface area contributed by atoms with Gasteiger partial charge in [-0.05, 0) is 34.6 Å². The van der Waals surface area contributed by atoms with E-state index in [9.17, 15) is 19.0 Å². The summed E-state index contributed by atoms with van der Waals surface area (Å²) in [6, 6.07) is 5.84. The molecule has 4 N–H and O–H groups in total. The zero-order valence-electron chi connectivity index (χ0n) is 17.8. The van der Waals surface area contributed by atoms with Gasteiger partial charge in [0.1, 0.15) is 11.8 Å². The molecule has 0 aromatic heterocycles. The standard InChI is InChI=1S/C20H32N3O5P/c1-6-18(29(26)27)22-16(11-13(2)3)20(25)23-17(19(24)21-4)12-14-7-9-15(28-5)10-8-14/h7-10,13,16-18,22H,6,11-12H2,1-5H3,(H2-,21,23,24,25,26,27)/p+1/t16?,17-,18?/m0/s1. The predicted molar refractivity (Wildman–Crippen MR) is 113 cm³/mol. The van der Waals surface area contributed by atoms with E-state index in [1.807, 2.05) is 26.0 Å². The topological polar surface area (TPSA) is 117 Å². The zero-order valence-corrected chi connectivity index (χ0v) is 18.7. The summed E-state index contributed by atoms with van der Waals surface area (Å²) in [4.78, 5) is 34.7. The van der Waals surface area contributed by atoms with Crippen molar-refractivity contribution in [2.75, 3.05) is 14.2 Å². The molecule has 162 valence electrons. The molecule has 0 aliphatic heterocycles. The second-order valence-corrected chi connectivity index (χ2v) is 8.53. The smallest absolute Gasteiger partial charge is 0.497 e. The lowest BCUT2D eigenvalue weighted by Gasteiger charge is -2.24. The molecule has 9 heteroatoms. The second-order valence-electron chi connectivity index (χ2n) is 7.30. The van der Waals surface area contributed by atoms with Crippen LogP contribution in [0.15, 0.2) is 24.3 Å². The number of carbonyl (C=O) groups excluding carboxylic acids is 2. The molecule has 1 aromatic rings. The quantitative estimate of drug-likeness (QED) is 0.380. The van der Waals surface area contributed by atoms with Crippen LogP contribution in [0.25, 0.3) is 0 Å². The van der Waals surface area contributed by atoms with Crippen LogP contribution in [0.5, 0.6) is 5.75 Å². The first-order chi connectivity index (χ1) is 13.7. The van der Waals surface area contributed by atoms with Gasteiger partial charge in [0.25, 0.3) is 0 Å². The van der Waals surface area contributed by atoms with Crippen molar-refractivity contribution in [3.05, 3.63) is 29.8 Å². The van der Waals surface area contributed by atoms with E-state index >= 15 is 0 Å². The van der Waals surface area contributed by atoms with Gasteiger partial charge in [-0.25, -0.2) is 0 Å². The Kier molecular flexibility index (Phi) is 10.8. The Morgan fingerprint density at radius 3 is 2.21 bits per heavy atom. The van der Waals surface area contributed by atoms with Gasteiger partial charge >= 0.3 is 8.03 Å². The maximum atomic E-state index is 12.9. The molecular formula is C20H33N3O5P+.